The van der Waals surface area contributed by atoms with E-state index < -0.39 is 0 Å². The normalized spacial score (nSPS) is 12.6. The lowest BCUT2D eigenvalue weighted by molar-refractivity contribution is 0.621. The summed E-state index contributed by atoms with van der Waals surface area (Å²) in [6.45, 7) is 2.78. The van der Waals surface area contributed by atoms with Crippen LogP contribution in [0.5, 0.6) is 0 Å². The zero-order chi connectivity index (χ0) is 10.6. The number of anilines is 1. The monoisotopic (exact) mass is 196 g/mol. The molecule has 1 rings (SSSR count). The summed E-state index contributed by atoms with van der Waals surface area (Å²) in [6.07, 6.45) is 0.938. The van der Waals surface area contributed by atoms with Crippen molar-refractivity contribution in [2.75, 3.05) is 18.5 Å². The van der Waals surface area contributed by atoms with E-state index in [2.05, 4.69) is 11.8 Å². The second kappa shape index (κ2) is 4.96. The fourth-order valence-corrected chi connectivity index (χ4v) is 1.37. The summed E-state index contributed by atoms with van der Waals surface area (Å²) >= 11 is 0. The van der Waals surface area contributed by atoms with Gasteiger partial charge in [-0.15, -0.1) is 0 Å². The van der Waals surface area contributed by atoms with E-state index in [1.807, 2.05) is 7.05 Å². The summed E-state index contributed by atoms with van der Waals surface area (Å²) in [4.78, 5) is 2.10. The Morgan fingerprint density at radius 3 is 2.43 bits per heavy atom. The predicted molar refractivity (Wildman–Crippen MR) is 57.9 cm³/mol. The van der Waals surface area contributed by atoms with Crippen molar-refractivity contribution in [3.05, 3.63) is 30.1 Å². The van der Waals surface area contributed by atoms with E-state index in [0.717, 1.165) is 12.1 Å². The Morgan fingerprint density at radius 1 is 1.36 bits per heavy atom. The molecular weight excluding hydrogens is 179 g/mol. The lowest BCUT2D eigenvalue weighted by atomic mass is 10.2. The van der Waals surface area contributed by atoms with Crippen molar-refractivity contribution in [2.45, 2.75) is 19.4 Å². The third-order valence-electron chi connectivity index (χ3n) is 2.48. The molecule has 0 fully saturated rings. The third-order valence-corrected chi connectivity index (χ3v) is 2.48. The van der Waals surface area contributed by atoms with Crippen LogP contribution in [-0.4, -0.2) is 19.6 Å². The number of rotatable bonds is 4. The Hall–Kier alpha value is -1.09. The highest BCUT2D eigenvalue weighted by Gasteiger charge is 2.08. The van der Waals surface area contributed by atoms with Crippen molar-refractivity contribution in [1.29, 1.82) is 0 Å². The van der Waals surface area contributed by atoms with E-state index in [-0.39, 0.29) is 5.82 Å². The molecule has 2 N–H and O–H groups in total. The molecule has 1 aromatic rings. The second-order valence-electron chi connectivity index (χ2n) is 3.51. The molecule has 3 heteroatoms. The van der Waals surface area contributed by atoms with Gasteiger partial charge in [-0.2, -0.15) is 0 Å². The molecule has 1 aromatic carbocycles. The van der Waals surface area contributed by atoms with Gasteiger partial charge in [0.2, 0.25) is 0 Å². The zero-order valence-electron chi connectivity index (χ0n) is 8.70. The fourth-order valence-electron chi connectivity index (χ4n) is 1.37. The van der Waals surface area contributed by atoms with Gasteiger partial charge in [-0.3, -0.25) is 0 Å². The highest BCUT2D eigenvalue weighted by atomic mass is 19.1. The summed E-state index contributed by atoms with van der Waals surface area (Å²) in [6, 6.07) is 6.89. The Balaban J connectivity index is 2.68. The van der Waals surface area contributed by atoms with E-state index >= 15 is 0 Å². The maximum atomic E-state index is 12.7. The van der Waals surface area contributed by atoms with Crippen LogP contribution in [0.4, 0.5) is 10.1 Å². The topological polar surface area (TPSA) is 29.3 Å². The quantitative estimate of drug-likeness (QED) is 0.798. The van der Waals surface area contributed by atoms with Crippen LogP contribution in [0.1, 0.15) is 13.3 Å². The molecule has 0 aliphatic carbocycles. The summed E-state index contributed by atoms with van der Waals surface area (Å²) in [5, 5.41) is 0. The fraction of sp³-hybridized carbons (Fsp3) is 0.455. The number of halogens is 1. The van der Waals surface area contributed by atoms with Gasteiger partial charge in [0.05, 0.1) is 0 Å². The lowest BCUT2D eigenvalue weighted by Gasteiger charge is -2.26. The standard InChI is InChI=1S/C11H17FN2/c1-9(7-8-13)14(2)11-5-3-10(12)4-6-11/h3-6,9H,7-8,13H2,1-2H3. The molecule has 2 nitrogen and oxygen atoms in total. The minimum absolute atomic E-state index is 0.200. The van der Waals surface area contributed by atoms with Crippen molar-refractivity contribution in [3.63, 3.8) is 0 Å². The summed E-state index contributed by atoms with van der Waals surface area (Å²) in [5.74, 6) is -0.200. The average molecular weight is 196 g/mol. The second-order valence-corrected chi connectivity index (χ2v) is 3.51. The van der Waals surface area contributed by atoms with Crippen LogP contribution < -0.4 is 10.6 Å². The van der Waals surface area contributed by atoms with Crippen LogP contribution in [0.15, 0.2) is 24.3 Å². The first-order valence-electron chi connectivity index (χ1n) is 4.83. The Kier molecular flexibility index (Phi) is 3.89. The van der Waals surface area contributed by atoms with Crippen LogP contribution >= 0.6 is 0 Å². The van der Waals surface area contributed by atoms with Gasteiger partial charge in [-0.05, 0) is 44.2 Å². The van der Waals surface area contributed by atoms with Gasteiger partial charge >= 0.3 is 0 Å². The van der Waals surface area contributed by atoms with Crippen LogP contribution in [-0.2, 0) is 0 Å². The molecule has 0 amide bonds. The van der Waals surface area contributed by atoms with Crippen LogP contribution in [0, 0.1) is 5.82 Å². The number of benzene rings is 1. The number of hydrogen-bond acceptors (Lipinski definition) is 2. The molecule has 0 aliphatic rings. The molecule has 0 aliphatic heterocycles. The number of nitrogens with two attached hydrogens (primary N) is 1. The number of nitrogens with zero attached hydrogens (tertiary/aromatic N) is 1. The first kappa shape index (κ1) is 11.0. The Bertz CT molecular complexity index is 271. The van der Waals surface area contributed by atoms with Gasteiger partial charge in [0.1, 0.15) is 5.82 Å². The molecule has 0 saturated heterocycles. The van der Waals surface area contributed by atoms with Gasteiger partial charge in [0.25, 0.3) is 0 Å². The maximum Gasteiger partial charge on any atom is 0.123 e. The van der Waals surface area contributed by atoms with Crippen LogP contribution in [0.25, 0.3) is 0 Å². The van der Waals surface area contributed by atoms with Crippen molar-refractivity contribution >= 4 is 5.69 Å². The average Bonchev–Trinajstić information content (AvgIpc) is 2.18. The predicted octanol–water partition coefficient (Wildman–Crippen LogP) is 2.00. The van der Waals surface area contributed by atoms with Crippen molar-refractivity contribution in [2.24, 2.45) is 5.73 Å². The Labute approximate surface area is 84.5 Å². The van der Waals surface area contributed by atoms with Crippen LogP contribution in [0.2, 0.25) is 0 Å². The molecule has 0 heterocycles. The highest BCUT2D eigenvalue weighted by molar-refractivity contribution is 5.46. The molecule has 1 unspecified atom stereocenters. The highest BCUT2D eigenvalue weighted by Crippen LogP contribution is 2.16. The van der Waals surface area contributed by atoms with E-state index in [4.69, 9.17) is 5.73 Å². The van der Waals surface area contributed by atoms with E-state index in [0.29, 0.717) is 12.6 Å². The molecular formula is C11H17FN2. The molecule has 0 bridgehead atoms. The third kappa shape index (κ3) is 2.70. The van der Waals surface area contributed by atoms with E-state index in [9.17, 15) is 4.39 Å². The number of hydrogen-bond donors (Lipinski definition) is 1. The van der Waals surface area contributed by atoms with Gasteiger partial charge in [0.15, 0.2) is 0 Å². The van der Waals surface area contributed by atoms with Gasteiger partial charge in [0, 0.05) is 18.8 Å². The molecule has 1 atom stereocenters. The smallest absolute Gasteiger partial charge is 0.123 e. The zero-order valence-corrected chi connectivity index (χ0v) is 8.70. The summed E-state index contributed by atoms with van der Waals surface area (Å²) in [7, 11) is 1.99. The van der Waals surface area contributed by atoms with Crippen molar-refractivity contribution in [1.82, 2.24) is 0 Å². The minimum atomic E-state index is -0.200. The summed E-state index contributed by atoms with van der Waals surface area (Å²) < 4.78 is 12.7. The Morgan fingerprint density at radius 2 is 1.93 bits per heavy atom. The molecule has 0 saturated carbocycles. The summed E-state index contributed by atoms with van der Waals surface area (Å²) in [5.41, 5.74) is 6.50. The molecule has 78 valence electrons. The first-order chi connectivity index (χ1) is 6.65. The molecule has 0 aromatic heterocycles. The van der Waals surface area contributed by atoms with E-state index in [1.54, 1.807) is 12.1 Å². The SMILES string of the molecule is CC(CCN)N(C)c1ccc(F)cc1. The lowest BCUT2D eigenvalue weighted by Crippen LogP contribution is -2.30. The van der Waals surface area contributed by atoms with Crippen molar-refractivity contribution in [3.8, 4) is 0 Å². The van der Waals surface area contributed by atoms with E-state index in [1.165, 1.54) is 12.1 Å². The minimum Gasteiger partial charge on any atom is -0.372 e. The largest absolute Gasteiger partial charge is 0.372 e. The van der Waals surface area contributed by atoms with Gasteiger partial charge < -0.3 is 10.6 Å². The van der Waals surface area contributed by atoms with Crippen LogP contribution in [0.3, 0.4) is 0 Å². The van der Waals surface area contributed by atoms with Crippen molar-refractivity contribution < 1.29 is 4.39 Å². The molecule has 14 heavy (non-hydrogen) atoms. The van der Waals surface area contributed by atoms with Gasteiger partial charge in [-0.1, -0.05) is 0 Å². The first-order valence-corrected chi connectivity index (χ1v) is 4.83. The maximum absolute atomic E-state index is 12.7. The molecule has 0 spiro atoms. The molecule has 0 radical (unpaired) electrons. The van der Waals surface area contributed by atoms with Gasteiger partial charge in [-0.25, -0.2) is 4.39 Å².